The number of halogens is 3. The van der Waals surface area contributed by atoms with Crippen molar-refractivity contribution in [2.75, 3.05) is 5.33 Å². The molecule has 2 N–H and O–H groups in total. The maximum Gasteiger partial charge on any atom is 0.352 e. The molecule has 0 saturated carbocycles. The number of aryl methyl sites for hydroxylation is 1. The molecule has 0 fully saturated rings. The Morgan fingerprint density at radius 3 is 2.78 bits per heavy atom. The smallest absolute Gasteiger partial charge is 0.352 e. The molecule has 0 amide bonds. The highest BCUT2D eigenvalue weighted by Gasteiger charge is 2.18. The van der Waals surface area contributed by atoms with Gasteiger partial charge in [0.2, 0.25) is 0 Å². The van der Waals surface area contributed by atoms with E-state index < -0.39 is 5.97 Å². The number of hydrogen-bond donors (Lipinski definition) is 2. The van der Waals surface area contributed by atoms with Crippen LogP contribution < -0.4 is 0 Å². The van der Waals surface area contributed by atoms with Gasteiger partial charge in [0, 0.05) is 10.7 Å². The van der Waals surface area contributed by atoms with Crippen molar-refractivity contribution in [1.29, 1.82) is 0 Å². The number of hydrogen-bond acceptors (Lipinski definition) is 1. The van der Waals surface area contributed by atoms with Gasteiger partial charge in [-0.15, -0.1) is 0 Å². The van der Waals surface area contributed by atoms with Gasteiger partial charge in [0.1, 0.15) is 5.69 Å². The van der Waals surface area contributed by atoms with E-state index in [2.05, 4.69) is 36.8 Å². The lowest BCUT2D eigenvalue weighted by atomic mass is 10.1. The van der Waals surface area contributed by atoms with E-state index in [1.54, 1.807) is 6.07 Å². The van der Waals surface area contributed by atoms with Crippen molar-refractivity contribution in [2.24, 2.45) is 0 Å². The van der Waals surface area contributed by atoms with E-state index in [9.17, 15) is 9.90 Å². The van der Waals surface area contributed by atoms with Crippen LogP contribution in [-0.4, -0.2) is 21.4 Å². The molecule has 1 aromatic carbocycles. The van der Waals surface area contributed by atoms with E-state index >= 15 is 0 Å². The molecule has 0 unspecified atom stereocenters. The molecule has 0 radical (unpaired) electrons. The van der Waals surface area contributed by atoms with Crippen molar-refractivity contribution < 1.29 is 9.90 Å². The number of nitrogens with one attached hydrogen (secondary N) is 1. The van der Waals surface area contributed by atoms with E-state index in [4.69, 9.17) is 11.6 Å². The summed E-state index contributed by atoms with van der Waals surface area (Å²) in [6, 6.07) is 3.63. The number of carbonyl (C=O) groups is 1. The van der Waals surface area contributed by atoms with Gasteiger partial charge in [0.15, 0.2) is 0 Å². The molecule has 2 rings (SSSR count). The van der Waals surface area contributed by atoms with Gasteiger partial charge in [-0.25, -0.2) is 4.79 Å². The number of rotatable bonds is 4. The molecule has 1 aromatic heterocycles. The zero-order valence-corrected chi connectivity index (χ0v) is 13.2. The molecule has 1 heterocycles. The lowest BCUT2D eigenvalue weighted by Crippen LogP contribution is -2.01. The number of carboxylic acids is 1. The first kappa shape index (κ1) is 13.9. The highest BCUT2D eigenvalue weighted by molar-refractivity contribution is 9.10. The zero-order chi connectivity index (χ0) is 13.3. The van der Waals surface area contributed by atoms with Crippen LogP contribution in [0.15, 0.2) is 16.6 Å². The normalized spacial score (nSPS) is 11.1. The summed E-state index contributed by atoms with van der Waals surface area (Å²) in [4.78, 5) is 14.2. The second-order valence-corrected chi connectivity index (χ2v) is 5.85. The van der Waals surface area contributed by atoms with Crippen molar-refractivity contribution in [3.63, 3.8) is 0 Å². The van der Waals surface area contributed by atoms with E-state index in [-0.39, 0.29) is 5.69 Å². The molecule has 0 aliphatic heterocycles. The molecule has 0 atom stereocenters. The van der Waals surface area contributed by atoms with Crippen LogP contribution in [0.25, 0.3) is 10.9 Å². The first-order valence-corrected chi connectivity index (χ1v) is 7.63. The second kappa shape index (κ2) is 5.63. The maximum absolute atomic E-state index is 11.3. The highest BCUT2D eigenvalue weighted by Crippen LogP contribution is 2.34. The minimum Gasteiger partial charge on any atom is -0.477 e. The van der Waals surface area contributed by atoms with Crippen molar-refractivity contribution in [2.45, 2.75) is 12.8 Å². The predicted octanol–water partition coefficient (Wildman–Crippen LogP) is 4.61. The summed E-state index contributed by atoms with van der Waals surface area (Å²) >= 11 is 12.8. The Morgan fingerprint density at radius 2 is 2.17 bits per heavy atom. The summed E-state index contributed by atoms with van der Waals surface area (Å²) in [5.41, 5.74) is 1.81. The predicted molar refractivity (Wildman–Crippen MR) is 80.1 cm³/mol. The van der Waals surface area contributed by atoms with Crippen LogP contribution in [0.1, 0.15) is 22.5 Å². The van der Waals surface area contributed by atoms with Crippen molar-refractivity contribution >= 4 is 60.3 Å². The number of aromatic carboxylic acids is 1. The number of carboxylic acid groups (broad SMARTS) is 1. The monoisotopic (exact) mass is 393 g/mol. The average Bonchev–Trinajstić information content (AvgIpc) is 2.71. The third-order valence-electron chi connectivity index (χ3n) is 2.75. The Labute approximate surface area is 126 Å². The van der Waals surface area contributed by atoms with Gasteiger partial charge in [-0.3, -0.25) is 0 Å². The standard InChI is InChI=1S/C12H10Br2ClNO2/c13-5-1-2-6-7-3-4-8(15)9(14)10(7)16-11(6)12(17)18/h3-4,16H,1-2,5H2,(H,17,18). The second-order valence-electron chi connectivity index (χ2n) is 3.86. The van der Waals surface area contributed by atoms with E-state index in [0.29, 0.717) is 15.9 Å². The molecule has 96 valence electrons. The van der Waals surface area contributed by atoms with Crippen LogP contribution in [0, 0.1) is 0 Å². The molecule has 0 aliphatic carbocycles. The SMILES string of the molecule is O=C(O)c1[nH]c2c(Br)c(Cl)ccc2c1CCCBr. The van der Waals surface area contributed by atoms with Crippen LogP contribution in [0.3, 0.4) is 0 Å². The van der Waals surface area contributed by atoms with Gasteiger partial charge in [-0.05, 0) is 40.4 Å². The van der Waals surface area contributed by atoms with Crippen LogP contribution >= 0.6 is 43.5 Å². The third kappa shape index (κ3) is 2.44. The topological polar surface area (TPSA) is 53.1 Å². The molecule has 6 heteroatoms. The summed E-state index contributed by atoms with van der Waals surface area (Å²) in [5.74, 6) is -0.946. The Morgan fingerprint density at radius 1 is 1.44 bits per heavy atom. The molecule has 0 bridgehead atoms. The molecule has 2 aromatic rings. The van der Waals surface area contributed by atoms with Gasteiger partial charge >= 0.3 is 5.97 Å². The zero-order valence-electron chi connectivity index (χ0n) is 9.27. The molecule has 0 saturated heterocycles. The van der Waals surface area contributed by atoms with E-state index in [0.717, 1.165) is 28.2 Å². The van der Waals surface area contributed by atoms with Crippen molar-refractivity contribution in [3.05, 3.63) is 32.9 Å². The average molecular weight is 395 g/mol. The van der Waals surface area contributed by atoms with E-state index in [1.807, 2.05) is 6.07 Å². The minimum atomic E-state index is -0.946. The first-order chi connectivity index (χ1) is 8.56. The lowest BCUT2D eigenvalue weighted by molar-refractivity contribution is 0.0690. The van der Waals surface area contributed by atoms with Gasteiger partial charge < -0.3 is 10.1 Å². The minimum absolute atomic E-state index is 0.244. The summed E-state index contributed by atoms with van der Waals surface area (Å²) in [6.07, 6.45) is 1.59. The van der Waals surface area contributed by atoms with Gasteiger partial charge in [-0.2, -0.15) is 0 Å². The summed E-state index contributed by atoms with van der Waals surface area (Å²) in [7, 11) is 0. The van der Waals surface area contributed by atoms with Gasteiger partial charge in [0.05, 0.1) is 15.0 Å². The fourth-order valence-corrected chi connectivity index (χ4v) is 2.83. The number of H-pyrrole nitrogens is 1. The Kier molecular flexibility index (Phi) is 4.35. The molecular formula is C12H10Br2ClNO2. The molecule has 0 aliphatic rings. The Bertz CT molecular complexity index is 610. The molecule has 0 spiro atoms. The van der Waals surface area contributed by atoms with Crippen molar-refractivity contribution in [3.8, 4) is 0 Å². The largest absolute Gasteiger partial charge is 0.477 e. The molecule has 3 nitrogen and oxygen atoms in total. The number of fused-ring (bicyclic) bond motifs is 1. The van der Waals surface area contributed by atoms with Gasteiger partial charge in [0.25, 0.3) is 0 Å². The molecular weight excluding hydrogens is 385 g/mol. The summed E-state index contributed by atoms with van der Waals surface area (Å²) in [5, 5.41) is 11.5. The first-order valence-electron chi connectivity index (χ1n) is 5.34. The quantitative estimate of drug-likeness (QED) is 0.743. The van der Waals surface area contributed by atoms with Crippen molar-refractivity contribution in [1.82, 2.24) is 4.98 Å². The number of aromatic nitrogens is 1. The fourth-order valence-electron chi connectivity index (χ4n) is 1.95. The highest BCUT2D eigenvalue weighted by atomic mass is 79.9. The van der Waals surface area contributed by atoms with Crippen LogP contribution in [-0.2, 0) is 6.42 Å². The Balaban J connectivity index is 2.67. The summed E-state index contributed by atoms with van der Waals surface area (Å²) < 4.78 is 0.703. The fraction of sp³-hybridized carbons (Fsp3) is 0.250. The lowest BCUT2D eigenvalue weighted by Gasteiger charge is -2.01. The van der Waals surface area contributed by atoms with Crippen LogP contribution in [0.5, 0.6) is 0 Å². The summed E-state index contributed by atoms with van der Waals surface area (Å²) in [6.45, 7) is 0. The number of aromatic amines is 1. The third-order valence-corrected chi connectivity index (χ3v) is 4.67. The van der Waals surface area contributed by atoms with Crippen LogP contribution in [0.2, 0.25) is 5.02 Å². The van der Waals surface area contributed by atoms with E-state index in [1.165, 1.54) is 0 Å². The number of benzene rings is 1. The molecule has 18 heavy (non-hydrogen) atoms. The Hall–Kier alpha value is -0.520. The number of alkyl halides is 1. The maximum atomic E-state index is 11.3. The van der Waals surface area contributed by atoms with Crippen LogP contribution in [0.4, 0.5) is 0 Å². The van der Waals surface area contributed by atoms with Gasteiger partial charge in [-0.1, -0.05) is 33.6 Å².